The molecule has 2 heterocycles. The van der Waals surface area contributed by atoms with Crippen LogP contribution in [0.3, 0.4) is 0 Å². The van der Waals surface area contributed by atoms with Crippen molar-refractivity contribution in [1.29, 1.82) is 0 Å². The summed E-state index contributed by atoms with van der Waals surface area (Å²) >= 11 is 1.23. The molecule has 20 heavy (non-hydrogen) atoms. The van der Waals surface area contributed by atoms with Gasteiger partial charge >= 0.3 is 4.87 Å². The van der Waals surface area contributed by atoms with Crippen LogP contribution in [0.4, 0.5) is 5.69 Å². The van der Waals surface area contributed by atoms with E-state index in [1.807, 2.05) is 24.0 Å². The largest absolute Gasteiger partial charge is 0.312 e. The number of carbonyl (C=O) groups excluding carboxylic acids is 1. The maximum atomic E-state index is 11.7. The molecule has 1 aromatic carbocycles. The maximum absolute atomic E-state index is 11.7. The maximum Gasteiger partial charge on any atom is 0.305 e. The zero-order chi connectivity index (χ0) is 14.3. The molecule has 0 spiro atoms. The number of nitrogens with one attached hydrogen (secondary N) is 1. The lowest BCUT2D eigenvalue weighted by Gasteiger charge is -2.28. The number of aromatic nitrogens is 1. The van der Waals surface area contributed by atoms with E-state index in [9.17, 15) is 9.59 Å². The first kappa shape index (κ1) is 13.1. The fraction of sp³-hybridized carbons (Fsp3) is 0.333. The molecule has 1 aliphatic heterocycles. The summed E-state index contributed by atoms with van der Waals surface area (Å²) in [5.41, 5.74) is 4.09. The molecule has 1 aromatic heterocycles. The van der Waals surface area contributed by atoms with Crippen LogP contribution in [0.1, 0.15) is 23.8 Å². The summed E-state index contributed by atoms with van der Waals surface area (Å²) in [6, 6.07) is 6.06. The Bertz CT molecular complexity index is 730. The zero-order valence-corrected chi connectivity index (χ0v) is 12.3. The summed E-state index contributed by atoms with van der Waals surface area (Å²) in [5.74, 6) is 0.0822. The van der Waals surface area contributed by atoms with Gasteiger partial charge in [0.2, 0.25) is 5.91 Å². The fourth-order valence-electron chi connectivity index (χ4n) is 2.76. The SMILES string of the molecule is CC(=O)N1CCCc2cc(-c3[nH]c(=O)sc3C)ccc21. The third kappa shape index (κ3) is 2.18. The number of hydrogen-bond donors (Lipinski definition) is 1. The molecule has 104 valence electrons. The van der Waals surface area contributed by atoms with Crippen LogP contribution < -0.4 is 9.77 Å². The quantitative estimate of drug-likeness (QED) is 0.877. The second kappa shape index (κ2) is 4.90. The Morgan fingerprint density at radius 1 is 1.40 bits per heavy atom. The molecule has 0 bridgehead atoms. The molecule has 0 aliphatic carbocycles. The van der Waals surface area contributed by atoms with Crippen molar-refractivity contribution >= 4 is 22.9 Å². The molecule has 1 amide bonds. The molecule has 0 saturated heterocycles. The Balaban J connectivity index is 2.07. The van der Waals surface area contributed by atoms with E-state index in [2.05, 4.69) is 11.1 Å². The van der Waals surface area contributed by atoms with Gasteiger partial charge in [-0.15, -0.1) is 0 Å². The smallest absolute Gasteiger partial charge is 0.305 e. The van der Waals surface area contributed by atoms with Crippen LogP contribution in [0.15, 0.2) is 23.0 Å². The molecule has 0 atom stereocenters. The highest BCUT2D eigenvalue weighted by molar-refractivity contribution is 7.09. The highest BCUT2D eigenvalue weighted by Crippen LogP contribution is 2.32. The van der Waals surface area contributed by atoms with Gasteiger partial charge in [0.1, 0.15) is 0 Å². The molecule has 1 aliphatic rings. The molecular weight excluding hydrogens is 272 g/mol. The average Bonchev–Trinajstić information content (AvgIpc) is 2.76. The molecule has 4 nitrogen and oxygen atoms in total. The monoisotopic (exact) mass is 288 g/mol. The van der Waals surface area contributed by atoms with E-state index in [1.165, 1.54) is 16.9 Å². The number of aromatic amines is 1. The van der Waals surface area contributed by atoms with Crippen molar-refractivity contribution in [2.75, 3.05) is 11.4 Å². The molecule has 1 N–H and O–H groups in total. The van der Waals surface area contributed by atoms with Gasteiger partial charge in [0.25, 0.3) is 0 Å². The van der Waals surface area contributed by atoms with Gasteiger partial charge in [0.05, 0.1) is 5.69 Å². The summed E-state index contributed by atoms with van der Waals surface area (Å²) in [6.07, 6.45) is 1.95. The van der Waals surface area contributed by atoms with E-state index in [0.29, 0.717) is 0 Å². The number of anilines is 1. The van der Waals surface area contributed by atoms with Crippen molar-refractivity contribution in [1.82, 2.24) is 4.98 Å². The molecule has 5 heteroatoms. The zero-order valence-electron chi connectivity index (χ0n) is 11.5. The normalized spacial score (nSPS) is 14.2. The number of amides is 1. The van der Waals surface area contributed by atoms with E-state index >= 15 is 0 Å². The predicted molar refractivity (Wildman–Crippen MR) is 81.5 cm³/mol. The summed E-state index contributed by atoms with van der Waals surface area (Å²) < 4.78 is 0. The minimum Gasteiger partial charge on any atom is -0.312 e. The van der Waals surface area contributed by atoms with Gasteiger partial charge in [-0.1, -0.05) is 17.4 Å². The van der Waals surface area contributed by atoms with E-state index in [0.717, 1.165) is 41.2 Å². The Morgan fingerprint density at radius 2 is 2.20 bits per heavy atom. The topological polar surface area (TPSA) is 53.2 Å². The van der Waals surface area contributed by atoms with E-state index in [1.54, 1.807) is 6.92 Å². The summed E-state index contributed by atoms with van der Waals surface area (Å²) in [4.78, 5) is 28.8. The van der Waals surface area contributed by atoms with Crippen LogP contribution in [0.25, 0.3) is 11.3 Å². The third-order valence-corrected chi connectivity index (χ3v) is 4.49. The Labute approximate surface area is 121 Å². The number of rotatable bonds is 1. The van der Waals surface area contributed by atoms with E-state index < -0.39 is 0 Å². The number of aryl methyl sites for hydroxylation is 2. The lowest BCUT2D eigenvalue weighted by molar-refractivity contribution is -0.116. The van der Waals surface area contributed by atoms with Gasteiger partial charge in [0, 0.05) is 24.0 Å². The van der Waals surface area contributed by atoms with Crippen molar-refractivity contribution in [3.63, 3.8) is 0 Å². The molecule has 3 rings (SSSR count). The Hall–Kier alpha value is -1.88. The van der Waals surface area contributed by atoms with E-state index in [-0.39, 0.29) is 10.8 Å². The highest BCUT2D eigenvalue weighted by atomic mass is 32.1. The summed E-state index contributed by atoms with van der Waals surface area (Å²) in [5, 5.41) is 0. The summed E-state index contributed by atoms with van der Waals surface area (Å²) in [7, 11) is 0. The fourth-order valence-corrected chi connectivity index (χ4v) is 3.46. The highest BCUT2D eigenvalue weighted by Gasteiger charge is 2.20. The van der Waals surface area contributed by atoms with Crippen LogP contribution in [0, 0.1) is 6.92 Å². The number of carbonyl (C=O) groups is 1. The van der Waals surface area contributed by atoms with Crippen molar-refractivity contribution in [3.8, 4) is 11.3 Å². The number of benzene rings is 1. The van der Waals surface area contributed by atoms with Gasteiger partial charge in [-0.05, 0) is 43.0 Å². The van der Waals surface area contributed by atoms with Crippen molar-refractivity contribution in [2.45, 2.75) is 26.7 Å². The van der Waals surface area contributed by atoms with Crippen molar-refractivity contribution in [3.05, 3.63) is 38.3 Å². The number of hydrogen-bond acceptors (Lipinski definition) is 3. The first-order valence-electron chi connectivity index (χ1n) is 6.67. The number of fused-ring (bicyclic) bond motifs is 1. The molecule has 2 aromatic rings. The molecule has 0 saturated carbocycles. The second-order valence-electron chi connectivity index (χ2n) is 5.06. The minimum atomic E-state index is -0.0272. The third-order valence-electron chi connectivity index (χ3n) is 3.69. The second-order valence-corrected chi connectivity index (χ2v) is 6.25. The van der Waals surface area contributed by atoms with Crippen LogP contribution in [0.5, 0.6) is 0 Å². The van der Waals surface area contributed by atoms with Crippen LogP contribution in [-0.4, -0.2) is 17.4 Å². The number of H-pyrrole nitrogens is 1. The lowest BCUT2D eigenvalue weighted by Crippen LogP contribution is -2.33. The van der Waals surface area contributed by atoms with Crippen LogP contribution in [0.2, 0.25) is 0 Å². The van der Waals surface area contributed by atoms with Gasteiger partial charge in [-0.25, -0.2) is 0 Å². The first-order chi connectivity index (χ1) is 9.56. The van der Waals surface area contributed by atoms with Crippen LogP contribution in [-0.2, 0) is 11.2 Å². The summed E-state index contributed by atoms with van der Waals surface area (Å²) in [6.45, 7) is 4.33. The van der Waals surface area contributed by atoms with Gasteiger partial charge in [-0.2, -0.15) is 0 Å². The lowest BCUT2D eigenvalue weighted by atomic mass is 9.98. The van der Waals surface area contributed by atoms with Crippen LogP contribution >= 0.6 is 11.3 Å². The predicted octanol–water partition coefficient (Wildman–Crippen LogP) is 2.71. The molecular formula is C15H16N2O2S. The standard InChI is InChI=1S/C15H16N2O2S/c1-9-14(16-15(19)20-9)12-5-6-13-11(8-12)4-3-7-17(13)10(2)18/h5-6,8H,3-4,7H2,1-2H3,(H,16,19). The van der Waals surface area contributed by atoms with Gasteiger partial charge in [0.15, 0.2) is 0 Å². The van der Waals surface area contributed by atoms with Gasteiger partial charge in [-0.3, -0.25) is 9.59 Å². The van der Waals surface area contributed by atoms with Crippen molar-refractivity contribution in [2.24, 2.45) is 0 Å². The van der Waals surface area contributed by atoms with Gasteiger partial charge < -0.3 is 9.88 Å². The Morgan fingerprint density at radius 3 is 2.85 bits per heavy atom. The molecule has 0 unspecified atom stereocenters. The first-order valence-corrected chi connectivity index (χ1v) is 7.49. The van der Waals surface area contributed by atoms with E-state index in [4.69, 9.17) is 0 Å². The minimum absolute atomic E-state index is 0.0272. The average molecular weight is 288 g/mol. The molecule has 0 radical (unpaired) electrons. The molecule has 0 fully saturated rings. The number of thiazole rings is 1. The Kier molecular flexibility index (Phi) is 3.22. The number of nitrogens with zero attached hydrogens (tertiary/aromatic N) is 1. The van der Waals surface area contributed by atoms with Crippen molar-refractivity contribution < 1.29 is 4.79 Å².